The third-order valence-electron chi connectivity index (χ3n) is 5.41. The van der Waals surface area contributed by atoms with Gasteiger partial charge in [0.1, 0.15) is 0 Å². The van der Waals surface area contributed by atoms with Gasteiger partial charge in [-0.15, -0.1) is 22.2 Å². The Morgan fingerprint density at radius 2 is 0.931 bits per heavy atom. The first-order valence-electron chi connectivity index (χ1n) is 12.3. The molecule has 3 heteroatoms. The molecule has 0 aliphatic rings. The SMILES string of the molecule is CCCCCCCCCCCCCCCCCC[Si](C)(Cl)Cl.Cc1ccccc1. The Hall–Kier alpha value is 0.0169. The Balaban J connectivity index is 0.000000929. The van der Waals surface area contributed by atoms with Crippen LogP contribution in [-0.4, -0.2) is 6.69 Å². The first-order valence-corrected chi connectivity index (χ1v) is 17.1. The van der Waals surface area contributed by atoms with Gasteiger partial charge in [-0.2, -0.15) is 0 Å². The zero-order chi connectivity index (χ0) is 21.6. The van der Waals surface area contributed by atoms with E-state index in [9.17, 15) is 0 Å². The van der Waals surface area contributed by atoms with Crippen molar-refractivity contribution in [3.8, 4) is 0 Å². The van der Waals surface area contributed by atoms with Gasteiger partial charge in [0.15, 0.2) is 0 Å². The van der Waals surface area contributed by atoms with Crippen molar-refractivity contribution in [1.29, 1.82) is 0 Å². The van der Waals surface area contributed by atoms with Crippen LogP contribution in [0.2, 0.25) is 12.6 Å². The molecule has 0 heterocycles. The summed E-state index contributed by atoms with van der Waals surface area (Å²) in [4.78, 5) is 0. The minimum absolute atomic E-state index is 1.06. The van der Waals surface area contributed by atoms with E-state index in [1.54, 1.807) is 0 Å². The Bertz CT molecular complexity index is 428. The minimum Gasteiger partial charge on any atom is -0.146 e. The lowest BCUT2D eigenvalue weighted by Gasteiger charge is -2.09. The number of aryl methyl sites for hydroxylation is 1. The Labute approximate surface area is 193 Å². The fourth-order valence-electron chi connectivity index (χ4n) is 3.52. The molecule has 170 valence electrons. The molecule has 0 amide bonds. The van der Waals surface area contributed by atoms with Crippen molar-refractivity contribution in [3.63, 3.8) is 0 Å². The molecule has 1 rings (SSSR count). The summed E-state index contributed by atoms with van der Waals surface area (Å²) in [7, 11) is 0. The van der Waals surface area contributed by atoms with Crippen LogP contribution in [0.25, 0.3) is 0 Å². The molecule has 0 atom stereocenters. The van der Waals surface area contributed by atoms with Crippen molar-refractivity contribution >= 4 is 28.9 Å². The van der Waals surface area contributed by atoms with Crippen LogP contribution in [0.5, 0.6) is 0 Å². The first kappa shape index (κ1) is 29.0. The molecule has 0 spiro atoms. The van der Waals surface area contributed by atoms with Crippen LogP contribution in [0.3, 0.4) is 0 Å². The van der Waals surface area contributed by atoms with Crippen LogP contribution in [-0.2, 0) is 0 Å². The van der Waals surface area contributed by atoms with Gasteiger partial charge in [0.25, 0.3) is 0 Å². The van der Waals surface area contributed by atoms with Crippen molar-refractivity contribution in [3.05, 3.63) is 35.9 Å². The fraction of sp³-hybridized carbons (Fsp3) is 0.769. The highest BCUT2D eigenvalue weighted by Crippen LogP contribution is 2.23. The lowest BCUT2D eigenvalue weighted by molar-refractivity contribution is 0.531. The topological polar surface area (TPSA) is 0 Å². The van der Waals surface area contributed by atoms with E-state index < -0.39 is 6.69 Å². The molecular weight excluding hydrogens is 411 g/mol. The summed E-state index contributed by atoms with van der Waals surface area (Å²) >= 11 is 12.2. The lowest BCUT2D eigenvalue weighted by Crippen LogP contribution is -2.11. The van der Waals surface area contributed by atoms with Gasteiger partial charge in [-0.25, -0.2) is 0 Å². The molecule has 0 aliphatic carbocycles. The third-order valence-corrected chi connectivity index (χ3v) is 7.78. The van der Waals surface area contributed by atoms with E-state index in [1.807, 2.05) is 24.7 Å². The predicted octanol–water partition coefficient (Wildman–Crippen LogP) is 10.8. The van der Waals surface area contributed by atoms with Gasteiger partial charge in [0.05, 0.1) is 0 Å². The minimum atomic E-state index is -1.82. The smallest absolute Gasteiger partial charge is 0.146 e. The Morgan fingerprint density at radius 1 is 0.586 bits per heavy atom. The highest BCUT2D eigenvalue weighted by molar-refractivity contribution is 7.44. The molecule has 0 aliphatic heterocycles. The van der Waals surface area contributed by atoms with Gasteiger partial charge in [0.2, 0.25) is 6.69 Å². The van der Waals surface area contributed by atoms with Crippen LogP contribution < -0.4 is 0 Å². The highest BCUT2D eigenvalue weighted by Gasteiger charge is 2.19. The maximum absolute atomic E-state index is 6.10. The summed E-state index contributed by atoms with van der Waals surface area (Å²) in [5.74, 6) is 0. The summed E-state index contributed by atoms with van der Waals surface area (Å²) in [6.07, 6.45) is 22.6. The van der Waals surface area contributed by atoms with E-state index in [0.717, 1.165) is 6.04 Å². The molecule has 0 saturated heterocycles. The molecule has 0 aromatic heterocycles. The number of hydrogen-bond acceptors (Lipinski definition) is 0. The van der Waals surface area contributed by atoms with E-state index in [2.05, 4.69) is 26.0 Å². The molecule has 0 fully saturated rings. The second-order valence-electron chi connectivity index (χ2n) is 8.78. The summed E-state index contributed by atoms with van der Waals surface area (Å²) in [5.41, 5.74) is 1.32. The van der Waals surface area contributed by atoms with E-state index in [0.29, 0.717) is 0 Å². The number of halogens is 2. The van der Waals surface area contributed by atoms with Gasteiger partial charge in [-0.1, -0.05) is 146 Å². The van der Waals surface area contributed by atoms with Crippen molar-refractivity contribution < 1.29 is 0 Å². The highest BCUT2D eigenvalue weighted by atomic mass is 35.7. The normalized spacial score (nSPS) is 11.2. The van der Waals surface area contributed by atoms with E-state index in [4.69, 9.17) is 22.2 Å². The second kappa shape index (κ2) is 21.3. The van der Waals surface area contributed by atoms with Gasteiger partial charge < -0.3 is 0 Å². The van der Waals surface area contributed by atoms with Gasteiger partial charge in [-0.05, 0) is 19.5 Å². The van der Waals surface area contributed by atoms with Gasteiger partial charge in [-0.3, -0.25) is 0 Å². The van der Waals surface area contributed by atoms with Crippen LogP contribution >= 0.6 is 22.2 Å². The molecule has 0 radical (unpaired) electrons. The van der Waals surface area contributed by atoms with Crippen LogP contribution in [0.15, 0.2) is 30.3 Å². The van der Waals surface area contributed by atoms with Crippen LogP contribution in [0.4, 0.5) is 0 Å². The zero-order valence-electron chi connectivity index (χ0n) is 19.7. The number of unbranched alkanes of at least 4 members (excludes halogenated alkanes) is 15. The largest absolute Gasteiger partial charge is 0.248 e. The first-order chi connectivity index (χ1) is 14.0. The Kier molecular flexibility index (Phi) is 21.3. The summed E-state index contributed by atoms with van der Waals surface area (Å²) < 4.78 is 0. The van der Waals surface area contributed by atoms with E-state index in [1.165, 1.54) is 108 Å². The van der Waals surface area contributed by atoms with Crippen LogP contribution in [0, 0.1) is 6.92 Å². The molecule has 0 nitrogen and oxygen atoms in total. The lowest BCUT2D eigenvalue weighted by atomic mass is 10.0. The third kappa shape index (κ3) is 26.0. The fourth-order valence-corrected chi connectivity index (χ4v) is 5.19. The van der Waals surface area contributed by atoms with Crippen molar-refractivity contribution in [2.45, 2.75) is 129 Å². The molecule has 0 saturated carbocycles. The van der Waals surface area contributed by atoms with Gasteiger partial charge >= 0.3 is 0 Å². The summed E-state index contributed by atoms with van der Waals surface area (Å²) in [6, 6.07) is 11.3. The van der Waals surface area contributed by atoms with E-state index in [-0.39, 0.29) is 0 Å². The summed E-state index contributed by atoms with van der Waals surface area (Å²) in [6.45, 7) is 4.58. The predicted molar refractivity (Wildman–Crippen MR) is 139 cm³/mol. The average Bonchev–Trinajstić information content (AvgIpc) is 2.68. The van der Waals surface area contributed by atoms with Crippen LogP contribution in [0.1, 0.15) is 115 Å². The number of benzene rings is 1. The van der Waals surface area contributed by atoms with Gasteiger partial charge in [0, 0.05) is 0 Å². The number of rotatable bonds is 17. The molecule has 1 aromatic carbocycles. The Morgan fingerprint density at radius 3 is 1.21 bits per heavy atom. The molecule has 0 bridgehead atoms. The average molecular weight is 460 g/mol. The maximum atomic E-state index is 6.10. The quantitative estimate of drug-likeness (QED) is 0.123. The summed E-state index contributed by atoms with van der Waals surface area (Å²) in [5, 5.41) is 0. The second-order valence-corrected chi connectivity index (χ2v) is 17.0. The monoisotopic (exact) mass is 458 g/mol. The molecule has 1 aromatic rings. The standard InChI is InChI=1S/C19H40Cl2Si.C7H8/c1-3-4-5-6-7-8-9-10-11-12-13-14-15-16-17-18-19-22(2,20)21;1-7-5-3-2-4-6-7/h3-19H2,1-2H3;2-6H,1H3. The molecular formula is C26H48Cl2Si. The number of hydrogen-bond donors (Lipinski definition) is 0. The maximum Gasteiger partial charge on any atom is 0.248 e. The zero-order valence-corrected chi connectivity index (χ0v) is 22.2. The van der Waals surface area contributed by atoms with Crippen molar-refractivity contribution in [2.75, 3.05) is 0 Å². The van der Waals surface area contributed by atoms with Crippen molar-refractivity contribution in [1.82, 2.24) is 0 Å². The molecule has 29 heavy (non-hydrogen) atoms. The van der Waals surface area contributed by atoms with Crippen molar-refractivity contribution in [2.24, 2.45) is 0 Å². The van der Waals surface area contributed by atoms with E-state index >= 15 is 0 Å². The molecule has 0 N–H and O–H groups in total. The molecule has 0 unspecified atom stereocenters.